The molecule has 4 aliphatic rings. The maximum absolute atomic E-state index is 13.6. The fourth-order valence-electron chi connectivity index (χ4n) is 8.57. The van der Waals surface area contributed by atoms with Crippen molar-refractivity contribution < 1.29 is 28.8 Å². The highest BCUT2D eigenvalue weighted by molar-refractivity contribution is 9.10. The molecule has 16 nitrogen and oxygen atoms in total. The minimum Gasteiger partial charge on any atom is -0.379 e. The van der Waals surface area contributed by atoms with E-state index in [9.17, 15) is 33.6 Å². The molecule has 3 saturated heterocycles. The summed E-state index contributed by atoms with van der Waals surface area (Å²) in [5, 5.41) is 12.6. The molecule has 3 atom stereocenters. The number of imide groups is 2. The quantitative estimate of drug-likeness (QED) is 0.210. The first-order chi connectivity index (χ1) is 28.8. The average Bonchev–Trinajstić information content (AvgIpc) is 3.50. The number of hydrogen-bond donors (Lipinski definition) is 3. The number of nitrogens with one attached hydrogen (secondary N) is 3. The molecule has 0 radical (unpaired) electrons. The van der Waals surface area contributed by atoms with Crippen LogP contribution in [0.3, 0.4) is 0 Å². The summed E-state index contributed by atoms with van der Waals surface area (Å²) in [6.07, 6.45) is 2.56. The van der Waals surface area contributed by atoms with Gasteiger partial charge >= 0.3 is 0 Å². The minimum absolute atomic E-state index is 0.00462. The molecule has 1 aromatic heterocycles. The van der Waals surface area contributed by atoms with E-state index >= 15 is 0 Å². The van der Waals surface area contributed by atoms with Gasteiger partial charge in [0.25, 0.3) is 29.2 Å². The van der Waals surface area contributed by atoms with Gasteiger partial charge in [0, 0.05) is 76.5 Å². The third-order valence-electron chi connectivity index (χ3n) is 11.7. The van der Waals surface area contributed by atoms with E-state index in [1.165, 1.54) is 16.8 Å². The molecule has 0 aliphatic carbocycles. The van der Waals surface area contributed by atoms with Crippen molar-refractivity contribution in [3.63, 3.8) is 0 Å². The monoisotopic (exact) mass is 877 g/mol. The van der Waals surface area contributed by atoms with Gasteiger partial charge < -0.3 is 20.4 Å². The number of aryl methyl sites for hydroxylation is 1. The maximum atomic E-state index is 13.6. The summed E-state index contributed by atoms with van der Waals surface area (Å²) in [6.45, 7) is 4.66. The molecular weight excluding hydrogens is 834 g/mol. The SMILES string of the molecule is CN1CC(Nc2cnn(C)c(=O)c2Br)CC(c2ccc(C(=O)N3CCN(Cc4cccc(C(=O)Nc5cccc6c5C(=O)N(C5CCC(=O)NC5=O)C6=O)c4)CC3)cc2)C1. The second kappa shape index (κ2) is 16.9. The van der Waals surface area contributed by atoms with Crippen LogP contribution < -0.4 is 21.5 Å². The maximum Gasteiger partial charge on any atom is 0.282 e. The first-order valence-electron chi connectivity index (χ1n) is 19.9. The number of carbonyl (C=O) groups is 6. The molecule has 3 N–H and O–H groups in total. The Bertz CT molecular complexity index is 2470. The van der Waals surface area contributed by atoms with E-state index in [1.54, 1.807) is 37.5 Å². The zero-order valence-electron chi connectivity index (χ0n) is 33.2. The van der Waals surface area contributed by atoms with Gasteiger partial charge in [-0.05, 0) is 89.3 Å². The number of piperidine rings is 2. The predicted molar refractivity (Wildman–Crippen MR) is 225 cm³/mol. The Labute approximate surface area is 354 Å². The lowest BCUT2D eigenvalue weighted by Gasteiger charge is -2.37. The number of likely N-dealkylation sites (tertiary alicyclic amines) is 1. The number of aromatic nitrogens is 2. The highest BCUT2D eigenvalue weighted by Gasteiger charge is 2.46. The lowest BCUT2D eigenvalue weighted by Crippen LogP contribution is -2.54. The van der Waals surface area contributed by atoms with Crippen molar-refractivity contribution in [1.29, 1.82) is 0 Å². The number of amides is 6. The van der Waals surface area contributed by atoms with Gasteiger partial charge in [-0.2, -0.15) is 5.10 Å². The largest absolute Gasteiger partial charge is 0.379 e. The smallest absolute Gasteiger partial charge is 0.282 e. The van der Waals surface area contributed by atoms with Crippen molar-refractivity contribution >= 4 is 62.7 Å². The number of rotatable bonds is 9. The third-order valence-corrected chi connectivity index (χ3v) is 12.4. The van der Waals surface area contributed by atoms with Crippen LogP contribution in [0.15, 0.2) is 82.2 Å². The summed E-state index contributed by atoms with van der Waals surface area (Å²) < 4.78 is 1.75. The number of halogens is 1. The van der Waals surface area contributed by atoms with Gasteiger partial charge in [-0.25, -0.2) is 4.68 Å². The van der Waals surface area contributed by atoms with Crippen LogP contribution in [0.2, 0.25) is 0 Å². The van der Waals surface area contributed by atoms with Crippen LogP contribution in [0, 0.1) is 0 Å². The molecule has 8 rings (SSSR count). The molecular formula is C43H44BrN9O7. The summed E-state index contributed by atoms with van der Waals surface area (Å²) in [5.41, 5.74) is 3.75. The number of fused-ring (bicyclic) bond motifs is 1. The molecule has 60 heavy (non-hydrogen) atoms. The van der Waals surface area contributed by atoms with E-state index < -0.39 is 35.6 Å². The molecule has 4 aromatic rings. The predicted octanol–water partition coefficient (Wildman–Crippen LogP) is 3.05. The fraction of sp³-hybridized carbons (Fsp3) is 0.349. The highest BCUT2D eigenvalue weighted by atomic mass is 79.9. The van der Waals surface area contributed by atoms with Gasteiger partial charge in [0.05, 0.1) is 28.7 Å². The Morgan fingerprint density at radius 1 is 0.867 bits per heavy atom. The van der Waals surface area contributed by atoms with E-state index in [0.717, 1.165) is 35.5 Å². The van der Waals surface area contributed by atoms with Crippen LogP contribution in [0.1, 0.15) is 77.7 Å². The fourth-order valence-corrected chi connectivity index (χ4v) is 9.04. The number of nitrogens with zero attached hydrogens (tertiary/aromatic N) is 6. The van der Waals surface area contributed by atoms with Crippen molar-refractivity contribution in [3.8, 4) is 0 Å². The Kier molecular flexibility index (Phi) is 11.5. The van der Waals surface area contributed by atoms with Crippen LogP contribution in [-0.4, -0.2) is 123 Å². The molecule has 0 bridgehead atoms. The summed E-state index contributed by atoms with van der Waals surface area (Å²) in [4.78, 5) is 97.6. The summed E-state index contributed by atoms with van der Waals surface area (Å²) in [6, 6.07) is 18.6. The molecule has 310 valence electrons. The van der Waals surface area contributed by atoms with Gasteiger partial charge in [-0.3, -0.25) is 48.7 Å². The molecule has 0 saturated carbocycles. The normalized spacial score (nSPS) is 21.1. The van der Waals surface area contributed by atoms with E-state index in [0.29, 0.717) is 54.0 Å². The van der Waals surface area contributed by atoms with Gasteiger partial charge in [0.2, 0.25) is 11.8 Å². The van der Waals surface area contributed by atoms with Crippen molar-refractivity contribution in [2.45, 2.75) is 43.8 Å². The zero-order valence-corrected chi connectivity index (χ0v) is 34.7. The van der Waals surface area contributed by atoms with E-state index in [4.69, 9.17) is 0 Å². The van der Waals surface area contributed by atoms with Crippen LogP contribution in [0.25, 0.3) is 0 Å². The average molecular weight is 879 g/mol. The summed E-state index contributed by atoms with van der Waals surface area (Å²) in [5.74, 6) is -2.77. The number of piperazine rings is 1. The Morgan fingerprint density at radius 3 is 2.37 bits per heavy atom. The molecule has 3 aromatic carbocycles. The first kappa shape index (κ1) is 40.7. The molecule has 4 aliphatic heterocycles. The Hall–Kier alpha value is -6.04. The van der Waals surface area contributed by atoms with Crippen LogP contribution in [0.5, 0.6) is 0 Å². The Balaban J connectivity index is 0.846. The second-order valence-corrected chi connectivity index (χ2v) is 16.6. The number of benzene rings is 3. The lowest BCUT2D eigenvalue weighted by molar-refractivity contribution is -0.136. The highest BCUT2D eigenvalue weighted by Crippen LogP contribution is 2.33. The summed E-state index contributed by atoms with van der Waals surface area (Å²) >= 11 is 3.41. The third kappa shape index (κ3) is 8.24. The van der Waals surface area contributed by atoms with Gasteiger partial charge in [-0.15, -0.1) is 0 Å². The molecule has 3 unspecified atom stereocenters. The molecule has 6 amide bonds. The number of likely N-dealkylation sites (N-methyl/N-ethyl adjacent to an activating group) is 1. The van der Waals surface area contributed by atoms with Crippen LogP contribution in [0.4, 0.5) is 11.4 Å². The standard InChI is InChI=1S/C43H44BrN9O7/c1-49-23-29(20-30(24-49)46-33-21-45-50(2)43(60)37(33)44)26-9-11-27(12-10-26)40(57)52-17-15-51(16-18-52)22-25-5-3-6-28(19-25)38(55)47-32-8-4-7-31-36(32)42(59)53(41(31)58)34-13-14-35(54)48-39(34)56/h3-12,19,21,29-30,34,46H,13-18,20,22-24H2,1-2H3,(H,47,55)(H,48,54,56). The second-order valence-electron chi connectivity index (χ2n) is 15.8. The zero-order chi connectivity index (χ0) is 42.2. The number of hydrogen-bond acceptors (Lipinski definition) is 11. The molecule has 0 spiro atoms. The first-order valence-corrected chi connectivity index (χ1v) is 20.7. The van der Waals surface area contributed by atoms with Crippen LogP contribution in [-0.2, 0) is 23.2 Å². The topological polar surface area (TPSA) is 186 Å². The summed E-state index contributed by atoms with van der Waals surface area (Å²) in [7, 11) is 3.69. The van der Waals surface area contributed by atoms with Gasteiger partial charge in [0.15, 0.2) is 0 Å². The lowest BCUT2D eigenvalue weighted by atomic mass is 9.87. The molecule has 17 heteroatoms. The van der Waals surface area contributed by atoms with E-state index in [1.807, 2.05) is 35.2 Å². The molecule has 3 fully saturated rings. The van der Waals surface area contributed by atoms with Crippen LogP contribution >= 0.6 is 15.9 Å². The van der Waals surface area contributed by atoms with Crippen molar-refractivity contribution in [1.82, 2.24) is 34.7 Å². The van der Waals surface area contributed by atoms with Crippen molar-refractivity contribution in [2.24, 2.45) is 7.05 Å². The van der Waals surface area contributed by atoms with E-state index in [2.05, 4.69) is 53.8 Å². The molecule has 5 heterocycles. The van der Waals surface area contributed by atoms with Gasteiger partial charge in [0.1, 0.15) is 10.5 Å². The van der Waals surface area contributed by atoms with Crippen molar-refractivity contribution in [2.75, 3.05) is 56.9 Å². The number of carbonyl (C=O) groups excluding carboxylic acids is 6. The van der Waals surface area contributed by atoms with Crippen molar-refractivity contribution in [3.05, 3.63) is 121 Å². The minimum atomic E-state index is -1.11. The van der Waals surface area contributed by atoms with Gasteiger partial charge in [-0.1, -0.05) is 30.3 Å². The number of anilines is 2. The Morgan fingerprint density at radius 2 is 1.62 bits per heavy atom. The van der Waals surface area contributed by atoms with E-state index in [-0.39, 0.29) is 53.1 Å².